The predicted molar refractivity (Wildman–Crippen MR) is 94.7 cm³/mol. The zero-order valence-electron chi connectivity index (χ0n) is 15.0. The third-order valence-corrected chi connectivity index (χ3v) is 5.18. The van der Waals surface area contributed by atoms with Gasteiger partial charge in [0.25, 0.3) is 0 Å². The lowest BCUT2D eigenvalue weighted by molar-refractivity contribution is -0.152. The number of rotatable bonds is 5. The second-order valence-corrected chi connectivity index (χ2v) is 6.92. The van der Waals surface area contributed by atoms with Gasteiger partial charge in [0, 0.05) is 13.1 Å². The lowest BCUT2D eigenvalue weighted by Gasteiger charge is -2.32. The molecule has 0 spiro atoms. The normalized spacial score (nSPS) is 23.3. The van der Waals surface area contributed by atoms with E-state index in [0.29, 0.717) is 38.8 Å². The maximum absolute atomic E-state index is 12.9. The van der Waals surface area contributed by atoms with Crippen molar-refractivity contribution in [2.24, 2.45) is 0 Å². The van der Waals surface area contributed by atoms with Gasteiger partial charge in [0.05, 0.1) is 6.04 Å². The van der Waals surface area contributed by atoms with E-state index in [1.165, 1.54) is 9.80 Å². The Labute approximate surface area is 157 Å². The summed E-state index contributed by atoms with van der Waals surface area (Å²) in [7, 11) is 0. The Morgan fingerprint density at radius 3 is 2.44 bits per heavy atom. The fourth-order valence-corrected chi connectivity index (χ4v) is 3.79. The Kier molecular flexibility index (Phi) is 5.95. The van der Waals surface area contributed by atoms with Gasteiger partial charge >= 0.3 is 12.1 Å². The molecule has 2 saturated heterocycles. The number of aliphatic hydroxyl groups is 1. The highest BCUT2D eigenvalue weighted by Crippen LogP contribution is 2.27. The Bertz CT molecular complexity index is 695. The van der Waals surface area contributed by atoms with Gasteiger partial charge in [0.1, 0.15) is 12.6 Å². The zero-order valence-corrected chi connectivity index (χ0v) is 15.0. The Morgan fingerprint density at radius 2 is 1.74 bits per heavy atom. The van der Waals surface area contributed by atoms with Crippen LogP contribution in [0.1, 0.15) is 31.2 Å². The number of carboxylic acid groups (broad SMARTS) is 1. The number of hydrogen-bond donors (Lipinski definition) is 2. The summed E-state index contributed by atoms with van der Waals surface area (Å²) < 4.78 is 5.34. The molecule has 0 aliphatic carbocycles. The number of likely N-dealkylation sites (tertiary alicyclic amines) is 2. The summed E-state index contributed by atoms with van der Waals surface area (Å²) in [6, 6.07) is 7.86. The van der Waals surface area contributed by atoms with E-state index in [2.05, 4.69) is 0 Å². The van der Waals surface area contributed by atoms with Gasteiger partial charge in [-0.05, 0) is 31.2 Å². The highest BCUT2D eigenvalue weighted by Gasteiger charge is 2.43. The van der Waals surface area contributed by atoms with Gasteiger partial charge in [0.15, 0.2) is 6.10 Å². The summed E-state index contributed by atoms with van der Waals surface area (Å²) in [5.74, 6) is -1.66. The number of carbonyl (C=O) groups excluding carboxylic acids is 2. The van der Waals surface area contributed by atoms with Crippen LogP contribution in [0.5, 0.6) is 0 Å². The Morgan fingerprint density at radius 1 is 1.07 bits per heavy atom. The molecule has 146 valence electrons. The molecule has 1 aromatic rings. The van der Waals surface area contributed by atoms with Crippen LogP contribution in [0, 0.1) is 0 Å². The lowest BCUT2D eigenvalue weighted by Crippen LogP contribution is -2.53. The van der Waals surface area contributed by atoms with E-state index in [-0.39, 0.29) is 12.5 Å². The minimum absolute atomic E-state index is 0.126. The minimum atomic E-state index is -1.61. The van der Waals surface area contributed by atoms with E-state index in [9.17, 15) is 19.5 Å². The average molecular weight is 376 g/mol. The smallest absolute Gasteiger partial charge is 0.410 e. The van der Waals surface area contributed by atoms with Crippen molar-refractivity contribution in [2.45, 2.75) is 50.5 Å². The van der Waals surface area contributed by atoms with E-state index in [0.717, 1.165) is 5.56 Å². The summed E-state index contributed by atoms with van der Waals surface area (Å²) >= 11 is 0. The number of benzene rings is 1. The maximum atomic E-state index is 12.9. The monoisotopic (exact) mass is 376 g/mol. The maximum Gasteiger partial charge on any atom is 0.410 e. The molecule has 2 heterocycles. The predicted octanol–water partition coefficient (Wildman–Crippen LogP) is 1.22. The molecule has 0 bridgehead atoms. The molecule has 3 atom stereocenters. The second kappa shape index (κ2) is 8.39. The van der Waals surface area contributed by atoms with E-state index in [1.807, 2.05) is 30.3 Å². The molecule has 8 heteroatoms. The number of aliphatic hydroxyl groups excluding tert-OH is 1. The van der Waals surface area contributed by atoms with Crippen LogP contribution in [0.15, 0.2) is 30.3 Å². The zero-order chi connectivity index (χ0) is 19.4. The van der Waals surface area contributed by atoms with Gasteiger partial charge in [-0.1, -0.05) is 30.3 Å². The number of nitrogens with zero attached hydrogens (tertiary/aromatic N) is 2. The fourth-order valence-electron chi connectivity index (χ4n) is 3.79. The standard InChI is InChI=1S/C19H24N2O6/c22-16(18(24)25)14-8-4-10-20(14)17(23)15-9-5-11-21(15)19(26)27-12-13-6-2-1-3-7-13/h1-3,6-7,14-16,22H,4-5,8-12H2,(H,24,25)/t14?,15-,16-/m0/s1. The van der Waals surface area contributed by atoms with Crippen molar-refractivity contribution in [1.82, 2.24) is 9.80 Å². The van der Waals surface area contributed by atoms with Crippen molar-refractivity contribution >= 4 is 18.0 Å². The quantitative estimate of drug-likeness (QED) is 0.800. The van der Waals surface area contributed by atoms with Crippen LogP contribution in [0.25, 0.3) is 0 Å². The van der Waals surface area contributed by atoms with Crippen LogP contribution >= 0.6 is 0 Å². The molecular weight excluding hydrogens is 352 g/mol. The van der Waals surface area contributed by atoms with Gasteiger partial charge < -0.3 is 19.8 Å². The summed E-state index contributed by atoms with van der Waals surface area (Å²) in [5, 5.41) is 18.9. The molecule has 8 nitrogen and oxygen atoms in total. The van der Waals surface area contributed by atoms with Crippen molar-refractivity contribution in [2.75, 3.05) is 13.1 Å². The molecule has 0 aromatic heterocycles. The molecule has 0 radical (unpaired) electrons. The van der Waals surface area contributed by atoms with Gasteiger partial charge in [-0.25, -0.2) is 9.59 Å². The summed E-state index contributed by atoms with van der Waals surface area (Å²) in [6.45, 7) is 0.933. The van der Waals surface area contributed by atoms with E-state index in [4.69, 9.17) is 9.84 Å². The number of aliphatic carboxylic acids is 1. The number of hydrogen-bond acceptors (Lipinski definition) is 5. The third kappa shape index (κ3) is 4.21. The minimum Gasteiger partial charge on any atom is -0.479 e. The van der Waals surface area contributed by atoms with E-state index < -0.39 is 30.3 Å². The second-order valence-electron chi connectivity index (χ2n) is 6.92. The third-order valence-electron chi connectivity index (χ3n) is 5.18. The van der Waals surface area contributed by atoms with Crippen molar-refractivity contribution in [3.63, 3.8) is 0 Å². The Balaban J connectivity index is 1.63. The van der Waals surface area contributed by atoms with E-state index in [1.54, 1.807) is 0 Å². The highest BCUT2D eigenvalue weighted by molar-refractivity contribution is 5.87. The van der Waals surface area contributed by atoms with Gasteiger partial charge in [0.2, 0.25) is 5.91 Å². The van der Waals surface area contributed by atoms with Crippen LogP contribution in [-0.4, -0.2) is 69.3 Å². The molecule has 0 saturated carbocycles. The number of amides is 2. The van der Waals surface area contributed by atoms with Crippen molar-refractivity contribution in [3.8, 4) is 0 Å². The average Bonchev–Trinajstić information content (AvgIpc) is 3.35. The number of carbonyl (C=O) groups is 3. The Hall–Kier alpha value is -2.61. The molecule has 3 rings (SSSR count). The van der Waals surface area contributed by atoms with E-state index >= 15 is 0 Å². The summed E-state index contributed by atoms with van der Waals surface area (Å²) in [5.41, 5.74) is 0.858. The SMILES string of the molecule is O=C(O)[C@@H](O)C1CCCN1C(=O)[C@@H]1CCCN1C(=O)OCc1ccccc1. The molecule has 2 aliphatic rings. The van der Waals surface area contributed by atoms with Crippen LogP contribution in [0.4, 0.5) is 4.79 Å². The first-order valence-corrected chi connectivity index (χ1v) is 9.17. The largest absolute Gasteiger partial charge is 0.479 e. The molecule has 1 aromatic carbocycles. The van der Waals surface area contributed by atoms with Crippen molar-refractivity contribution in [3.05, 3.63) is 35.9 Å². The summed E-state index contributed by atoms with van der Waals surface area (Å²) in [4.78, 5) is 39.3. The molecule has 2 amide bonds. The van der Waals surface area contributed by atoms with Crippen LogP contribution in [0.2, 0.25) is 0 Å². The lowest BCUT2D eigenvalue weighted by atomic mass is 10.1. The van der Waals surface area contributed by atoms with Gasteiger partial charge in [-0.15, -0.1) is 0 Å². The fraction of sp³-hybridized carbons (Fsp3) is 0.526. The first-order valence-electron chi connectivity index (χ1n) is 9.17. The topological polar surface area (TPSA) is 107 Å². The number of ether oxygens (including phenoxy) is 1. The molecule has 27 heavy (non-hydrogen) atoms. The van der Waals surface area contributed by atoms with Gasteiger partial charge in [-0.2, -0.15) is 0 Å². The molecular formula is C19H24N2O6. The molecule has 1 unspecified atom stereocenters. The van der Waals surface area contributed by atoms with Crippen LogP contribution < -0.4 is 0 Å². The van der Waals surface area contributed by atoms with Gasteiger partial charge in [-0.3, -0.25) is 9.69 Å². The molecule has 2 aliphatic heterocycles. The first kappa shape index (κ1) is 19.2. The highest BCUT2D eigenvalue weighted by atomic mass is 16.6. The van der Waals surface area contributed by atoms with Crippen LogP contribution in [-0.2, 0) is 20.9 Å². The molecule has 2 N–H and O–H groups in total. The van der Waals surface area contributed by atoms with Crippen LogP contribution in [0.3, 0.4) is 0 Å². The van der Waals surface area contributed by atoms with Crippen molar-refractivity contribution < 1.29 is 29.3 Å². The molecule has 2 fully saturated rings. The first-order chi connectivity index (χ1) is 13.0. The summed E-state index contributed by atoms with van der Waals surface area (Å²) in [6.07, 6.45) is 0.0827. The van der Waals surface area contributed by atoms with Crippen molar-refractivity contribution in [1.29, 1.82) is 0 Å². The number of carboxylic acids is 1.